The summed E-state index contributed by atoms with van der Waals surface area (Å²) in [5.74, 6) is 1.48. The molecule has 0 aliphatic carbocycles. The van der Waals surface area contributed by atoms with E-state index < -0.39 is 0 Å². The molecule has 0 N–H and O–H groups in total. The number of benzene rings is 2. The second kappa shape index (κ2) is 9.97. The van der Waals surface area contributed by atoms with Crippen LogP contribution in [0.15, 0.2) is 79.1 Å². The minimum atomic E-state index is 0.118. The summed E-state index contributed by atoms with van der Waals surface area (Å²) in [6.07, 6.45) is 3.49. The van der Waals surface area contributed by atoms with Crippen molar-refractivity contribution in [1.29, 1.82) is 0 Å². The van der Waals surface area contributed by atoms with Crippen LogP contribution < -0.4 is 4.90 Å². The second-order valence-electron chi connectivity index (χ2n) is 8.63. The number of para-hydroxylation sites is 1. The third kappa shape index (κ3) is 4.89. The molecule has 0 unspecified atom stereocenters. The zero-order chi connectivity index (χ0) is 23.3. The van der Waals surface area contributed by atoms with Gasteiger partial charge in [-0.2, -0.15) is 0 Å². The highest BCUT2D eigenvalue weighted by Gasteiger charge is 2.23. The van der Waals surface area contributed by atoms with Gasteiger partial charge in [-0.1, -0.05) is 42.5 Å². The molecule has 0 spiro atoms. The highest BCUT2D eigenvalue weighted by Crippen LogP contribution is 2.26. The van der Waals surface area contributed by atoms with Crippen molar-refractivity contribution in [3.63, 3.8) is 0 Å². The summed E-state index contributed by atoms with van der Waals surface area (Å²) >= 11 is 0. The van der Waals surface area contributed by atoms with Crippen LogP contribution in [0.4, 0.5) is 5.82 Å². The molecule has 2 aromatic carbocycles. The van der Waals surface area contributed by atoms with Gasteiger partial charge in [0.2, 0.25) is 5.91 Å². The van der Waals surface area contributed by atoms with Crippen molar-refractivity contribution in [2.45, 2.75) is 6.54 Å². The van der Waals surface area contributed by atoms with E-state index in [2.05, 4.69) is 34.1 Å². The van der Waals surface area contributed by atoms with E-state index >= 15 is 0 Å². The number of anilines is 1. The average molecular weight is 453 g/mol. The molecule has 7 heteroatoms. The molecule has 1 saturated heterocycles. The molecule has 0 saturated carbocycles. The third-order valence-electron chi connectivity index (χ3n) is 6.21. The molecular formula is C27H28N6O. The number of hydrogen-bond acceptors (Lipinski definition) is 6. The fourth-order valence-corrected chi connectivity index (χ4v) is 4.35. The number of aromatic nitrogens is 3. The zero-order valence-corrected chi connectivity index (χ0v) is 19.3. The van der Waals surface area contributed by atoms with Gasteiger partial charge in [0, 0.05) is 63.1 Å². The Hall–Kier alpha value is -3.84. The molecule has 3 heterocycles. The van der Waals surface area contributed by atoms with Gasteiger partial charge in [-0.25, -0.2) is 9.97 Å². The number of hydrogen-bond donors (Lipinski definition) is 0. The van der Waals surface area contributed by atoms with Gasteiger partial charge in [0.05, 0.1) is 12.1 Å². The van der Waals surface area contributed by atoms with Crippen molar-refractivity contribution in [3.05, 3.63) is 84.7 Å². The molecular weight excluding hydrogens is 424 g/mol. The van der Waals surface area contributed by atoms with Gasteiger partial charge in [0.25, 0.3) is 0 Å². The molecule has 1 amide bonds. The van der Waals surface area contributed by atoms with Crippen molar-refractivity contribution < 1.29 is 4.79 Å². The van der Waals surface area contributed by atoms with Crippen molar-refractivity contribution in [2.24, 2.45) is 0 Å². The van der Waals surface area contributed by atoms with Gasteiger partial charge in [-0.3, -0.25) is 14.7 Å². The predicted octanol–water partition coefficient (Wildman–Crippen LogP) is 3.47. The topological polar surface area (TPSA) is 65.5 Å². The van der Waals surface area contributed by atoms with E-state index in [1.54, 1.807) is 12.4 Å². The van der Waals surface area contributed by atoms with Crippen LogP contribution in [-0.2, 0) is 11.3 Å². The number of amides is 1. The van der Waals surface area contributed by atoms with Crippen LogP contribution >= 0.6 is 0 Å². The van der Waals surface area contributed by atoms with Gasteiger partial charge < -0.3 is 9.80 Å². The quantitative estimate of drug-likeness (QED) is 0.446. The molecule has 5 rings (SSSR count). The molecule has 1 fully saturated rings. The number of carbonyl (C=O) groups is 1. The van der Waals surface area contributed by atoms with Crippen LogP contribution in [0.2, 0.25) is 0 Å². The number of likely N-dealkylation sites (N-methyl/N-ethyl adjacent to an activating group) is 1. The Morgan fingerprint density at radius 1 is 0.912 bits per heavy atom. The first-order valence-corrected chi connectivity index (χ1v) is 11.6. The number of carbonyl (C=O) groups excluding carboxylic acids is 1. The van der Waals surface area contributed by atoms with Crippen LogP contribution in [0.25, 0.3) is 22.3 Å². The van der Waals surface area contributed by atoms with E-state index in [4.69, 9.17) is 9.97 Å². The fraction of sp³-hybridized carbons (Fsp3) is 0.259. The first-order chi connectivity index (χ1) is 16.7. The van der Waals surface area contributed by atoms with Gasteiger partial charge in [0.1, 0.15) is 5.82 Å². The maximum absolute atomic E-state index is 13.2. The van der Waals surface area contributed by atoms with Crippen LogP contribution in [0.5, 0.6) is 0 Å². The Balaban J connectivity index is 1.28. The Morgan fingerprint density at radius 3 is 2.44 bits per heavy atom. The van der Waals surface area contributed by atoms with Gasteiger partial charge in [0.15, 0.2) is 5.82 Å². The summed E-state index contributed by atoms with van der Waals surface area (Å²) in [6.45, 7) is 4.44. The Labute approximate surface area is 199 Å². The summed E-state index contributed by atoms with van der Waals surface area (Å²) in [6, 6.07) is 22.2. The van der Waals surface area contributed by atoms with E-state index in [0.717, 1.165) is 55.0 Å². The van der Waals surface area contributed by atoms with Crippen LogP contribution in [0.1, 0.15) is 5.56 Å². The molecule has 1 aliphatic rings. The maximum atomic E-state index is 13.2. The minimum Gasteiger partial charge on any atom is -0.350 e. The average Bonchev–Trinajstić information content (AvgIpc) is 2.89. The smallest absolute Gasteiger partial charge is 0.242 e. The third-order valence-corrected chi connectivity index (χ3v) is 6.21. The van der Waals surface area contributed by atoms with E-state index in [1.165, 1.54) is 5.56 Å². The van der Waals surface area contributed by atoms with Crippen molar-refractivity contribution in [2.75, 3.05) is 44.7 Å². The highest BCUT2D eigenvalue weighted by atomic mass is 16.2. The van der Waals surface area contributed by atoms with Crippen LogP contribution in [0.3, 0.4) is 0 Å². The Kier molecular flexibility index (Phi) is 6.44. The number of piperazine rings is 1. The standard InChI is InChI=1S/C27H28N6O/c1-31(20-25(34)33-16-14-32(15-17-33)19-21-8-3-2-4-9-21)27-23-11-5-6-12-24(23)29-26(30-27)22-10-7-13-28-18-22/h2-13,18H,14-17,19-20H2,1H3. The normalized spacial score (nSPS) is 14.3. The zero-order valence-electron chi connectivity index (χ0n) is 19.3. The first-order valence-electron chi connectivity index (χ1n) is 11.6. The second-order valence-corrected chi connectivity index (χ2v) is 8.63. The SMILES string of the molecule is CN(CC(=O)N1CCN(Cc2ccccc2)CC1)c1nc(-c2cccnc2)nc2ccccc12. The summed E-state index contributed by atoms with van der Waals surface area (Å²) in [4.78, 5) is 33.2. The number of pyridine rings is 1. The van der Waals surface area contributed by atoms with E-state index in [9.17, 15) is 4.79 Å². The number of fused-ring (bicyclic) bond motifs is 1. The lowest BCUT2D eigenvalue weighted by Gasteiger charge is -2.35. The predicted molar refractivity (Wildman–Crippen MR) is 134 cm³/mol. The van der Waals surface area contributed by atoms with Crippen molar-refractivity contribution in [1.82, 2.24) is 24.8 Å². The van der Waals surface area contributed by atoms with E-state index in [0.29, 0.717) is 5.82 Å². The van der Waals surface area contributed by atoms with Crippen LogP contribution in [0, 0.1) is 0 Å². The summed E-state index contributed by atoms with van der Waals surface area (Å²) in [7, 11) is 1.92. The molecule has 4 aromatic rings. The van der Waals surface area contributed by atoms with Gasteiger partial charge in [-0.05, 0) is 29.8 Å². The maximum Gasteiger partial charge on any atom is 0.242 e. The van der Waals surface area contributed by atoms with Crippen LogP contribution in [-0.4, -0.2) is 70.4 Å². The largest absolute Gasteiger partial charge is 0.350 e. The number of rotatable bonds is 6. The summed E-state index contributed by atoms with van der Waals surface area (Å²) in [5.41, 5.74) is 3.01. The van der Waals surface area contributed by atoms with Gasteiger partial charge in [-0.15, -0.1) is 0 Å². The lowest BCUT2D eigenvalue weighted by molar-refractivity contribution is -0.131. The molecule has 172 valence electrons. The summed E-state index contributed by atoms with van der Waals surface area (Å²) < 4.78 is 0. The molecule has 0 radical (unpaired) electrons. The fourth-order valence-electron chi connectivity index (χ4n) is 4.35. The van der Waals surface area contributed by atoms with Crippen molar-refractivity contribution in [3.8, 4) is 11.4 Å². The molecule has 0 bridgehead atoms. The van der Waals surface area contributed by atoms with E-state index in [-0.39, 0.29) is 12.5 Å². The Morgan fingerprint density at radius 2 is 1.68 bits per heavy atom. The molecule has 1 aliphatic heterocycles. The highest BCUT2D eigenvalue weighted by molar-refractivity contribution is 5.92. The molecule has 2 aromatic heterocycles. The number of nitrogens with zero attached hydrogens (tertiary/aromatic N) is 6. The van der Waals surface area contributed by atoms with Crippen molar-refractivity contribution >= 4 is 22.6 Å². The monoisotopic (exact) mass is 452 g/mol. The lowest BCUT2D eigenvalue weighted by atomic mass is 10.2. The first kappa shape index (κ1) is 22.0. The lowest BCUT2D eigenvalue weighted by Crippen LogP contribution is -2.50. The molecule has 7 nitrogen and oxygen atoms in total. The Bertz CT molecular complexity index is 1260. The summed E-state index contributed by atoms with van der Waals surface area (Å²) in [5, 5.41) is 0.929. The molecule has 0 atom stereocenters. The minimum absolute atomic E-state index is 0.118. The molecule has 34 heavy (non-hydrogen) atoms. The van der Waals surface area contributed by atoms with Gasteiger partial charge >= 0.3 is 0 Å². The van der Waals surface area contributed by atoms with E-state index in [1.807, 2.05) is 59.3 Å².